The number of benzene rings is 2. The number of methoxy groups -OCH3 is 1. The highest BCUT2D eigenvalue weighted by molar-refractivity contribution is 6.31. The number of carbonyl (C=O) groups excluding carboxylic acids is 2. The predicted octanol–water partition coefficient (Wildman–Crippen LogP) is 2.82. The van der Waals surface area contributed by atoms with Gasteiger partial charge in [0.15, 0.2) is 6.61 Å². The molecule has 0 saturated heterocycles. The summed E-state index contributed by atoms with van der Waals surface area (Å²) in [6, 6.07) is 12.1. The molecular formula is C18H16ClNO5. The van der Waals surface area contributed by atoms with Gasteiger partial charge in [0.25, 0.3) is 5.91 Å². The first-order chi connectivity index (χ1) is 12.1. The molecule has 0 bridgehead atoms. The van der Waals surface area contributed by atoms with Crippen LogP contribution in [0.5, 0.6) is 11.5 Å². The van der Waals surface area contributed by atoms with E-state index >= 15 is 0 Å². The lowest BCUT2D eigenvalue weighted by molar-refractivity contribution is -0.144. The summed E-state index contributed by atoms with van der Waals surface area (Å²) < 4.78 is 15.7. The second-order valence-corrected chi connectivity index (χ2v) is 5.83. The number of esters is 1. The van der Waals surface area contributed by atoms with Gasteiger partial charge in [-0.15, -0.1) is 0 Å². The Balaban J connectivity index is 1.64. The third kappa shape index (κ3) is 4.03. The molecule has 2 aromatic rings. The standard InChI is InChI=1S/C18H16ClNO5/c1-23-14-5-2-12(3-6-14)10-25-18(22)9-20-15-8-13(19)4-7-16(15)24-11-17(20)21/h2-8H,9-11H2,1H3. The normalized spacial score (nSPS) is 13.0. The number of amides is 1. The van der Waals surface area contributed by atoms with Gasteiger partial charge in [0.1, 0.15) is 24.7 Å². The van der Waals surface area contributed by atoms with Crippen molar-refractivity contribution in [3.8, 4) is 11.5 Å². The minimum Gasteiger partial charge on any atom is -0.497 e. The molecule has 6 nitrogen and oxygen atoms in total. The van der Waals surface area contributed by atoms with Gasteiger partial charge < -0.3 is 14.2 Å². The minimum atomic E-state index is -0.517. The van der Waals surface area contributed by atoms with Crippen molar-refractivity contribution in [3.05, 3.63) is 53.1 Å². The van der Waals surface area contributed by atoms with Gasteiger partial charge in [0, 0.05) is 5.02 Å². The summed E-state index contributed by atoms with van der Waals surface area (Å²) in [7, 11) is 1.58. The maximum absolute atomic E-state index is 12.1. The lowest BCUT2D eigenvalue weighted by Gasteiger charge is -2.28. The molecule has 0 N–H and O–H groups in total. The molecule has 7 heteroatoms. The van der Waals surface area contributed by atoms with Crippen LogP contribution < -0.4 is 14.4 Å². The molecule has 1 aliphatic rings. The van der Waals surface area contributed by atoms with Crippen LogP contribution in [-0.4, -0.2) is 32.1 Å². The molecule has 0 atom stereocenters. The summed E-state index contributed by atoms with van der Waals surface area (Å²) in [5, 5.41) is 0.452. The number of hydrogen-bond acceptors (Lipinski definition) is 5. The van der Waals surface area contributed by atoms with E-state index in [1.54, 1.807) is 49.6 Å². The Morgan fingerprint density at radius 3 is 2.72 bits per heavy atom. The van der Waals surface area contributed by atoms with Gasteiger partial charge in [-0.05, 0) is 35.9 Å². The number of nitrogens with zero attached hydrogens (tertiary/aromatic N) is 1. The molecule has 1 heterocycles. The fourth-order valence-electron chi connectivity index (χ4n) is 2.41. The predicted molar refractivity (Wildman–Crippen MR) is 92.1 cm³/mol. The van der Waals surface area contributed by atoms with Gasteiger partial charge in [0.2, 0.25) is 0 Å². The number of carbonyl (C=O) groups is 2. The van der Waals surface area contributed by atoms with Gasteiger partial charge in [0.05, 0.1) is 12.8 Å². The maximum Gasteiger partial charge on any atom is 0.326 e. The van der Waals surface area contributed by atoms with Gasteiger partial charge in [-0.1, -0.05) is 23.7 Å². The van der Waals surface area contributed by atoms with E-state index in [0.29, 0.717) is 16.5 Å². The Bertz CT molecular complexity index is 791. The highest BCUT2D eigenvalue weighted by Gasteiger charge is 2.28. The fourth-order valence-corrected chi connectivity index (χ4v) is 2.58. The molecule has 1 aliphatic heterocycles. The summed E-state index contributed by atoms with van der Waals surface area (Å²) in [4.78, 5) is 25.5. The first kappa shape index (κ1) is 17.1. The molecule has 0 radical (unpaired) electrons. The first-order valence-electron chi connectivity index (χ1n) is 7.58. The van der Waals surface area contributed by atoms with Crippen LogP contribution in [0.15, 0.2) is 42.5 Å². The molecule has 0 aliphatic carbocycles. The molecule has 25 heavy (non-hydrogen) atoms. The zero-order valence-corrected chi connectivity index (χ0v) is 14.3. The van der Waals surface area contributed by atoms with Crippen molar-refractivity contribution in [1.82, 2.24) is 0 Å². The smallest absolute Gasteiger partial charge is 0.326 e. The van der Waals surface area contributed by atoms with Crippen LogP contribution in [0, 0.1) is 0 Å². The Labute approximate surface area is 149 Å². The highest BCUT2D eigenvalue weighted by Crippen LogP contribution is 2.34. The van der Waals surface area contributed by atoms with Crippen molar-refractivity contribution < 1.29 is 23.8 Å². The third-order valence-corrected chi connectivity index (χ3v) is 3.95. The third-order valence-electron chi connectivity index (χ3n) is 3.71. The number of fused-ring (bicyclic) bond motifs is 1. The van der Waals surface area contributed by atoms with Crippen molar-refractivity contribution in [2.45, 2.75) is 6.61 Å². The molecule has 0 unspecified atom stereocenters. The van der Waals surface area contributed by atoms with E-state index in [4.69, 9.17) is 25.8 Å². The lowest BCUT2D eigenvalue weighted by Crippen LogP contribution is -2.42. The maximum atomic E-state index is 12.1. The van der Waals surface area contributed by atoms with Crippen LogP contribution in [0.3, 0.4) is 0 Å². The zero-order valence-electron chi connectivity index (χ0n) is 13.5. The number of hydrogen-bond donors (Lipinski definition) is 0. The SMILES string of the molecule is COc1ccc(COC(=O)CN2C(=O)COc3ccc(Cl)cc32)cc1. The fraction of sp³-hybridized carbons (Fsp3) is 0.222. The van der Waals surface area contributed by atoms with E-state index < -0.39 is 5.97 Å². The van der Waals surface area contributed by atoms with Crippen molar-refractivity contribution in [3.63, 3.8) is 0 Å². The van der Waals surface area contributed by atoms with E-state index in [9.17, 15) is 9.59 Å². The molecule has 2 aromatic carbocycles. The lowest BCUT2D eigenvalue weighted by atomic mass is 10.2. The molecule has 0 fully saturated rings. The van der Waals surface area contributed by atoms with Crippen LogP contribution in [0.2, 0.25) is 5.02 Å². The van der Waals surface area contributed by atoms with E-state index in [1.165, 1.54) is 4.90 Å². The Morgan fingerprint density at radius 1 is 1.24 bits per heavy atom. The topological polar surface area (TPSA) is 65.1 Å². The van der Waals surface area contributed by atoms with Crippen molar-refractivity contribution in [1.29, 1.82) is 0 Å². The second kappa shape index (κ2) is 7.44. The molecule has 1 amide bonds. The van der Waals surface area contributed by atoms with Crippen molar-refractivity contribution in [2.75, 3.05) is 25.2 Å². The average Bonchev–Trinajstić information content (AvgIpc) is 2.63. The monoisotopic (exact) mass is 361 g/mol. The Morgan fingerprint density at radius 2 is 2.00 bits per heavy atom. The molecule has 0 aromatic heterocycles. The van der Waals surface area contributed by atoms with E-state index in [-0.39, 0.29) is 25.7 Å². The van der Waals surface area contributed by atoms with Crippen LogP contribution in [0.1, 0.15) is 5.56 Å². The minimum absolute atomic E-state index is 0.115. The van der Waals surface area contributed by atoms with E-state index in [0.717, 1.165) is 11.3 Å². The van der Waals surface area contributed by atoms with Gasteiger partial charge in [-0.25, -0.2) is 0 Å². The summed E-state index contributed by atoms with van der Waals surface area (Å²) >= 11 is 5.97. The number of anilines is 1. The summed E-state index contributed by atoms with van der Waals surface area (Å²) in [6.07, 6.45) is 0. The van der Waals surface area contributed by atoms with E-state index in [2.05, 4.69) is 0 Å². The Kier molecular flexibility index (Phi) is 5.09. The van der Waals surface area contributed by atoms with Crippen LogP contribution in [0.25, 0.3) is 0 Å². The van der Waals surface area contributed by atoms with Gasteiger partial charge >= 0.3 is 5.97 Å². The second-order valence-electron chi connectivity index (χ2n) is 5.39. The summed E-state index contributed by atoms with van der Waals surface area (Å²) in [5.74, 6) is 0.391. The zero-order chi connectivity index (χ0) is 17.8. The van der Waals surface area contributed by atoms with Crippen LogP contribution in [0.4, 0.5) is 5.69 Å². The first-order valence-corrected chi connectivity index (χ1v) is 7.96. The quantitative estimate of drug-likeness (QED) is 0.766. The molecule has 0 spiro atoms. The van der Waals surface area contributed by atoms with Crippen LogP contribution in [-0.2, 0) is 20.9 Å². The van der Waals surface area contributed by atoms with Gasteiger partial charge in [-0.2, -0.15) is 0 Å². The molecular weight excluding hydrogens is 346 g/mol. The summed E-state index contributed by atoms with van der Waals surface area (Å²) in [5.41, 5.74) is 1.29. The molecule has 0 saturated carbocycles. The molecule has 3 rings (SSSR count). The van der Waals surface area contributed by atoms with Crippen molar-refractivity contribution in [2.24, 2.45) is 0 Å². The summed E-state index contributed by atoms with van der Waals surface area (Å²) in [6.45, 7) is -0.212. The number of rotatable bonds is 5. The van der Waals surface area contributed by atoms with E-state index in [1.807, 2.05) is 0 Å². The Hall–Kier alpha value is -2.73. The highest BCUT2D eigenvalue weighted by atomic mass is 35.5. The van der Waals surface area contributed by atoms with Gasteiger partial charge in [-0.3, -0.25) is 14.5 Å². The van der Waals surface area contributed by atoms with Crippen LogP contribution >= 0.6 is 11.6 Å². The van der Waals surface area contributed by atoms with Crippen molar-refractivity contribution >= 4 is 29.2 Å². The molecule has 130 valence electrons. The number of ether oxygens (including phenoxy) is 3. The number of halogens is 1. The largest absolute Gasteiger partial charge is 0.497 e. The average molecular weight is 362 g/mol.